The monoisotopic (exact) mass is 395 g/mol. The number of nitrogens with one attached hydrogen (secondary N) is 1. The highest BCUT2D eigenvalue weighted by molar-refractivity contribution is 8.00. The van der Waals surface area contributed by atoms with Crippen LogP contribution in [0, 0.1) is 0 Å². The van der Waals surface area contributed by atoms with E-state index in [1.807, 2.05) is 28.8 Å². The van der Waals surface area contributed by atoms with Crippen molar-refractivity contribution >= 4 is 34.7 Å². The lowest BCUT2D eigenvalue weighted by Gasteiger charge is -2.31. The van der Waals surface area contributed by atoms with Crippen molar-refractivity contribution in [2.75, 3.05) is 41.3 Å². The molecule has 0 aliphatic carbocycles. The van der Waals surface area contributed by atoms with Crippen LogP contribution in [0.25, 0.3) is 0 Å². The molecular formula is C23H29N3OS. The molecule has 4 rings (SSSR count). The fourth-order valence-electron chi connectivity index (χ4n) is 4.05. The third-order valence-electron chi connectivity index (χ3n) is 5.58. The van der Waals surface area contributed by atoms with Crippen LogP contribution in [0.2, 0.25) is 0 Å². The second kappa shape index (κ2) is 8.91. The van der Waals surface area contributed by atoms with Crippen LogP contribution in [-0.2, 0) is 4.79 Å². The Hall–Kier alpha value is -2.14. The van der Waals surface area contributed by atoms with E-state index in [0.717, 1.165) is 37.4 Å². The molecule has 2 aromatic rings. The summed E-state index contributed by atoms with van der Waals surface area (Å²) in [5.41, 5.74) is 3.33. The van der Waals surface area contributed by atoms with Crippen LogP contribution < -0.4 is 15.1 Å². The number of hydrogen-bond donors (Lipinski definition) is 1. The minimum absolute atomic E-state index is 0.135. The van der Waals surface area contributed by atoms with Gasteiger partial charge < -0.3 is 15.1 Å². The summed E-state index contributed by atoms with van der Waals surface area (Å²) in [6, 6.07) is 16.7. The lowest BCUT2D eigenvalue weighted by atomic mass is 10.1. The van der Waals surface area contributed by atoms with Gasteiger partial charge in [0.05, 0.1) is 23.6 Å². The number of carbonyl (C=O) groups is 1. The summed E-state index contributed by atoms with van der Waals surface area (Å²) in [4.78, 5) is 18.7. The Bertz CT molecular complexity index is 819. The third-order valence-corrected chi connectivity index (χ3v) is 6.81. The Balaban J connectivity index is 1.48. The van der Waals surface area contributed by atoms with Gasteiger partial charge in [0.25, 0.3) is 0 Å². The fraction of sp³-hybridized carbons (Fsp3) is 0.435. The number of fused-ring (bicyclic) bond motifs is 1. The van der Waals surface area contributed by atoms with Gasteiger partial charge in [-0.05, 0) is 49.9 Å². The second-order valence-electron chi connectivity index (χ2n) is 7.65. The van der Waals surface area contributed by atoms with Crippen LogP contribution in [0.1, 0.15) is 32.6 Å². The quantitative estimate of drug-likeness (QED) is 0.790. The van der Waals surface area contributed by atoms with E-state index in [9.17, 15) is 4.79 Å². The molecule has 1 atom stereocenters. The normalized spacial score (nSPS) is 19.7. The number of amides is 1. The number of rotatable bonds is 4. The first-order chi connectivity index (χ1) is 13.7. The van der Waals surface area contributed by atoms with Crippen molar-refractivity contribution in [3.8, 4) is 0 Å². The Morgan fingerprint density at radius 2 is 1.71 bits per heavy atom. The van der Waals surface area contributed by atoms with Gasteiger partial charge in [0.15, 0.2) is 0 Å². The Morgan fingerprint density at radius 1 is 1.00 bits per heavy atom. The summed E-state index contributed by atoms with van der Waals surface area (Å²) < 4.78 is 0. The largest absolute Gasteiger partial charge is 0.374 e. The van der Waals surface area contributed by atoms with Gasteiger partial charge in [-0.25, -0.2) is 0 Å². The average molecular weight is 396 g/mol. The topological polar surface area (TPSA) is 35.6 Å². The summed E-state index contributed by atoms with van der Waals surface area (Å²) in [5.74, 6) is 0.135. The molecule has 4 nitrogen and oxygen atoms in total. The zero-order valence-corrected chi connectivity index (χ0v) is 17.4. The van der Waals surface area contributed by atoms with Crippen LogP contribution in [0.15, 0.2) is 53.4 Å². The first-order valence-electron chi connectivity index (χ1n) is 10.4. The van der Waals surface area contributed by atoms with Crippen molar-refractivity contribution in [3.63, 3.8) is 0 Å². The highest BCUT2D eigenvalue weighted by atomic mass is 32.2. The van der Waals surface area contributed by atoms with Gasteiger partial charge in [-0.1, -0.05) is 31.2 Å². The molecule has 1 fully saturated rings. The number of piperidine rings is 1. The SMILES string of the molecule is CC1CCN(C(=O)CNc2ccccc2N2CCCCC2)c2ccccc2S1. The van der Waals surface area contributed by atoms with Gasteiger partial charge >= 0.3 is 0 Å². The average Bonchev–Trinajstić information content (AvgIpc) is 2.91. The number of nitrogens with zero attached hydrogens (tertiary/aromatic N) is 2. The lowest BCUT2D eigenvalue weighted by Crippen LogP contribution is -2.37. The van der Waals surface area contributed by atoms with E-state index >= 15 is 0 Å². The highest BCUT2D eigenvalue weighted by Crippen LogP contribution is 2.37. The molecule has 2 heterocycles. The molecule has 0 radical (unpaired) electrons. The molecule has 0 bridgehead atoms. The van der Waals surface area contributed by atoms with Crippen molar-refractivity contribution in [2.45, 2.75) is 42.8 Å². The summed E-state index contributed by atoms with van der Waals surface area (Å²) in [5, 5.41) is 3.95. The van der Waals surface area contributed by atoms with Crippen LogP contribution in [0.5, 0.6) is 0 Å². The molecule has 5 heteroatoms. The van der Waals surface area contributed by atoms with Crippen LogP contribution in [-0.4, -0.2) is 37.3 Å². The maximum absolute atomic E-state index is 13.1. The van der Waals surface area contributed by atoms with E-state index in [1.165, 1.54) is 29.8 Å². The smallest absolute Gasteiger partial charge is 0.246 e. The molecule has 2 aromatic carbocycles. The number of carbonyl (C=O) groups excluding carboxylic acids is 1. The molecule has 1 saturated heterocycles. The second-order valence-corrected chi connectivity index (χ2v) is 9.13. The lowest BCUT2D eigenvalue weighted by molar-refractivity contribution is -0.117. The third kappa shape index (κ3) is 4.30. The molecule has 0 spiro atoms. The Morgan fingerprint density at radius 3 is 2.54 bits per heavy atom. The summed E-state index contributed by atoms with van der Waals surface area (Å²) in [6.07, 6.45) is 4.81. The van der Waals surface area contributed by atoms with Crippen LogP contribution >= 0.6 is 11.8 Å². The molecule has 1 unspecified atom stereocenters. The molecule has 1 amide bonds. The van der Waals surface area contributed by atoms with Gasteiger partial charge in [0.1, 0.15) is 0 Å². The van der Waals surface area contributed by atoms with Crippen molar-refractivity contribution in [1.82, 2.24) is 0 Å². The van der Waals surface area contributed by atoms with E-state index in [0.29, 0.717) is 11.8 Å². The Labute approximate surface area is 172 Å². The molecule has 0 saturated carbocycles. The fourth-order valence-corrected chi connectivity index (χ4v) is 5.16. The zero-order valence-electron chi connectivity index (χ0n) is 16.6. The van der Waals surface area contributed by atoms with E-state index in [4.69, 9.17) is 0 Å². The molecule has 1 N–H and O–H groups in total. The predicted molar refractivity (Wildman–Crippen MR) is 120 cm³/mol. The molecular weight excluding hydrogens is 366 g/mol. The molecule has 2 aliphatic rings. The number of thioether (sulfide) groups is 1. The predicted octanol–water partition coefficient (Wildman–Crippen LogP) is 5.01. The van der Waals surface area contributed by atoms with E-state index in [2.05, 4.69) is 53.5 Å². The van der Waals surface area contributed by atoms with Crippen LogP contribution in [0.3, 0.4) is 0 Å². The molecule has 148 valence electrons. The van der Waals surface area contributed by atoms with Gasteiger partial charge in [0, 0.05) is 29.8 Å². The van der Waals surface area contributed by atoms with Gasteiger partial charge in [-0.2, -0.15) is 0 Å². The Kier molecular flexibility index (Phi) is 6.10. The van der Waals surface area contributed by atoms with Crippen LogP contribution in [0.4, 0.5) is 17.1 Å². The molecule has 2 aliphatic heterocycles. The first kappa shape index (κ1) is 19.2. The summed E-state index contributed by atoms with van der Waals surface area (Å²) >= 11 is 1.87. The van der Waals surface area contributed by atoms with Crippen molar-refractivity contribution in [3.05, 3.63) is 48.5 Å². The van der Waals surface area contributed by atoms with E-state index in [-0.39, 0.29) is 5.91 Å². The molecule has 28 heavy (non-hydrogen) atoms. The number of benzene rings is 2. The van der Waals surface area contributed by atoms with Gasteiger partial charge in [-0.15, -0.1) is 11.8 Å². The van der Waals surface area contributed by atoms with E-state index < -0.39 is 0 Å². The van der Waals surface area contributed by atoms with Crippen molar-refractivity contribution in [2.24, 2.45) is 0 Å². The maximum atomic E-state index is 13.1. The number of para-hydroxylation sites is 3. The van der Waals surface area contributed by atoms with Gasteiger partial charge in [0.2, 0.25) is 5.91 Å². The minimum Gasteiger partial charge on any atom is -0.374 e. The van der Waals surface area contributed by atoms with E-state index in [1.54, 1.807) is 0 Å². The zero-order chi connectivity index (χ0) is 19.3. The molecule has 0 aromatic heterocycles. The van der Waals surface area contributed by atoms with Crippen molar-refractivity contribution in [1.29, 1.82) is 0 Å². The van der Waals surface area contributed by atoms with Gasteiger partial charge in [-0.3, -0.25) is 4.79 Å². The maximum Gasteiger partial charge on any atom is 0.246 e. The standard InChI is InChI=1S/C23H29N3OS/c1-18-13-16-26(21-11-5-6-12-22(21)28-18)23(27)17-24-19-9-3-4-10-20(19)25-14-7-2-8-15-25/h3-6,9-12,18,24H,2,7-8,13-17H2,1H3. The first-order valence-corrected chi connectivity index (χ1v) is 11.2. The number of anilines is 3. The summed E-state index contributed by atoms with van der Waals surface area (Å²) in [7, 11) is 0. The van der Waals surface area contributed by atoms with Crippen molar-refractivity contribution < 1.29 is 4.79 Å². The minimum atomic E-state index is 0.135. The summed E-state index contributed by atoms with van der Waals surface area (Å²) in [6.45, 7) is 5.53. The number of hydrogen-bond acceptors (Lipinski definition) is 4. The highest BCUT2D eigenvalue weighted by Gasteiger charge is 2.24.